The highest BCUT2D eigenvalue weighted by Crippen LogP contribution is 2.29. The smallest absolute Gasteiger partial charge is 0.257 e. The van der Waals surface area contributed by atoms with Gasteiger partial charge in [-0.25, -0.2) is 0 Å². The van der Waals surface area contributed by atoms with Crippen molar-refractivity contribution >= 4 is 11.8 Å². The van der Waals surface area contributed by atoms with Gasteiger partial charge in [0.05, 0.1) is 25.8 Å². The summed E-state index contributed by atoms with van der Waals surface area (Å²) in [7, 11) is 1.54. The van der Waals surface area contributed by atoms with Crippen molar-refractivity contribution < 1.29 is 19.1 Å². The number of aromatic nitrogens is 1. The third-order valence-corrected chi connectivity index (χ3v) is 6.01. The molecule has 0 aliphatic carbocycles. The molecular weight excluding hydrogens is 418 g/mol. The Bertz CT molecular complexity index is 1150. The number of morpholine rings is 1. The number of aryl methyl sites for hydroxylation is 1. The summed E-state index contributed by atoms with van der Waals surface area (Å²) < 4.78 is 11.4. The number of carbonyl (C=O) groups is 2. The topological polar surface area (TPSA) is 94.8 Å². The van der Waals surface area contributed by atoms with Crippen LogP contribution < -0.4 is 10.5 Å². The highest BCUT2D eigenvalue weighted by molar-refractivity contribution is 5.98. The van der Waals surface area contributed by atoms with Crippen LogP contribution in [0.5, 0.6) is 5.75 Å². The maximum Gasteiger partial charge on any atom is 0.257 e. The molecule has 170 valence electrons. The summed E-state index contributed by atoms with van der Waals surface area (Å²) in [6.45, 7) is 2.54. The molecule has 2 amide bonds. The molecule has 0 bridgehead atoms. The van der Waals surface area contributed by atoms with Crippen molar-refractivity contribution in [2.75, 3.05) is 26.8 Å². The Kier molecular flexibility index (Phi) is 6.42. The minimum atomic E-state index is -1.30. The molecule has 33 heavy (non-hydrogen) atoms. The number of primary amides is 1. The highest BCUT2D eigenvalue weighted by Gasteiger charge is 2.44. The fraction of sp³-hybridized carbons (Fsp3) is 0.269. The Morgan fingerprint density at radius 3 is 2.58 bits per heavy atom. The zero-order valence-corrected chi connectivity index (χ0v) is 18.8. The Balaban J connectivity index is 1.57. The first-order valence-electron chi connectivity index (χ1n) is 10.8. The Morgan fingerprint density at radius 1 is 1.12 bits per heavy atom. The number of methoxy groups -OCH3 is 1. The van der Waals surface area contributed by atoms with Gasteiger partial charge in [0.1, 0.15) is 5.75 Å². The summed E-state index contributed by atoms with van der Waals surface area (Å²) in [4.78, 5) is 31.7. The fourth-order valence-corrected chi connectivity index (χ4v) is 4.24. The molecular formula is C26H27N3O4. The fourth-order valence-electron chi connectivity index (χ4n) is 4.24. The van der Waals surface area contributed by atoms with Crippen LogP contribution in [0.15, 0.2) is 67.0 Å². The largest absolute Gasteiger partial charge is 0.496 e. The zero-order valence-electron chi connectivity index (χ0n) is 18.8. The van der Waals surface area contributed by atoms with E-state index < -0.39 is 11.5 Å². The molecule has 1 unspecified atom stereocenters. The lowest BCUT2D eigenvalue weighted by Gasteiger charge is -2.41. The number of hydrogen-bond acceptors (Lipinski definition) is 5. The maximum absolute atomic E-state index is 13.3. The molecule has 1 atom stereocenters. The summed E-state index contributed by atoms with van der Waals surface area (Å²) in [5, 5.41) is 0. The molecule has 0 saturated carbocycles. The molecule has 1 fully saturated rings. The van der Waals surface area contributed by atoms with E-state index in [1.807, 2.05) is 55.5 Å². The molecule has 0 spiro atoms. The van der Waals surface area contributed by atoms with E-state index in [-0.39, 0.29) is 25.5 Å². The van der Waals surface area contributed by atoms with Crippen molar-refractivity contribution in [1.82, 2.24) is 9.88 Å². The summed E-state index contributed by atoms with van der Waals surface area (Å²) in [6.07, 6.45) is 3.80. The van der Waals surface area contributed by atoms with Crippen LogP contribution in [-0.2, 0) is 16.0 Å². The number of amides is 2. The SMILES string of the molecule is COc1c(C)cccc1C(=O)N1CCOC(Cc2ccc(-c3cccnc3)cc2)(C(N)=O)C1. The predicted molar refractivity (Wildman–Crippen MR) is 125 cm³/mol. The number of hydrogen-bond donors (Lipinski definition) is 1. The van der Waals surface area contributed by atoms with E-state index in [4.69, 9.17) is 15.2 Å². The van der Waals surface area contributed by atoms with Crippen LogP contribution in [0.4, 0.5) is 0 Å². The van der Waals surface area contributed by atoms with Crippen molar-refractivity contribution in [3.8, 4) is 16.9 Å². The van der Waals surface area contributed by atoms with Crippen LogP contribution in [0.2, 0.25) is 0 Å². The molecule has 1 aliphatic rings. The lowest BCUT2D eigenvalue weighted by molar-refractivity contribution is -0.153. The number of carbonyl (C=O) groups excluding carboxylic acids is 2. The normalized spacial score (nSPS) is 18.1. The van der Waals surface area contributed by atoms with Crippen LogP contribution in [-0.4, -0.2) is 54.1 Å². The average Bonchev–Trinajstić information content (AvgIpc) is 2.84. The third kappa shape index (κ3) is 4.59. The van der Waals surface area contributed by atoms with Crippen molar-refractivity contribution in [2.24, 2.45) is 5.73 Å². The molecule has 1 aromatic heterocycles. The Hall–Kier alpha value is -3.71. The van der Waals surface area contributed by atoms with Gasteiger partial charge in [-0.1, -0.05) is 42.5 Å². The van der Waals surface area contributed by atoms with Gasteiger partial charge in [-0.05, 0) is 41.3 Å². The van der Waals surface area contributed by atoms with Crippen molar-refractivity contribution in [2.45, 2.75) is 18.9 Å². The second kappa shape index (κ2) is 9.42. The third-order valence-electron chi connectivity index (χ3n) is 6.01. The van der Waals surface area contributed by atoms with Gasteiger partial charge in [-0.3, -0.25) is 14.6 Å². The molecule has 7 heteroatoms. The van der Waals surface area contributed by atoms with E-state index in [0.29, 0.717) is 17.9 Å². The minimum Gasteiger partial charge on any atom is -0.496 e. The van der Waals surface area contributed by atoms with Gasteiger partial charge < -0.3 is 20.1 Å². The lowest BCUT2D eigenvalue weighted by Crippen LogP contribution is -2.61. The van der Waals surface area contributed by atoms with E-state index >= 15 is 0 Å². The van der Waals surface area contributed by atoms with Crippen LogP contribution >= 0.6 is 0 Å². The van der Waals surface area contributed by atoms with Gasteiger partial charge in [0, 0.05) is 25.4 Å². The second-order valence-corrected chi connectivity index (χ2v) is 8.20. The standard InChI is InChI=1S/C26H27N3O4/c1-18-5-3-7-22(23(18)32-2)24(30)29-13-14-33-26(17-29,25(27)31)15-19-8-10-20(11-9-19)21-6-4-12-28-16-21/h3-12,16H,13-15,17H2,1-2H3,(H2,27,31). The van der Waals surface area contributed by atoms with E-state index in [0.717, 1.165) is 22.3 Å². The molecule has 1 aliphatic heterocycles. The molecule has 1 saturated heterocycles. The van der Waals surface area contributed by atoms with E-state index in [1.54, 1.807) is 30.5 Å². The first-order chi connectivity index (χ1) is 15.9. The van der Waals surface area contributed by atoms with Crippen molar-refractivity contribution in [3.63, 3.8) is 0 Å². The first-order valence-corrected chi connectivity index (χ1v) is 10.8. The maximum atomic E-state index is 13.3. The van der Waals surface area contributed by atoms with Gasteiger partial charge in [-0.2, -0.15) is 0 Å². The monoisotopic (exact) mass is 445 g/mol. The van der Waals surface area contributed by atoms with Gasteiger partial charge in [0.25, 0.3) is 11.8 Å². The highest BCUT2D eigenvalue weighted by atomic mass is 16.5. The van der Waals surface area contributed by atoms with Gasteiger partial charge in [0.15, 0.2) is 5.60 Å². The van der Waals surface area contributed by atoms with E-state index in [1.165, 1.54) is 0 Å². The molecule has 3 aromatic rings. The zero-order chi connectivity index (χ0) is 23.4. The first kappa shape index (κ1) is 22.5. The average molecular weight is 446 g/mol. The van der Waals surface area contributed by atoms with Crippen molar-refractivity contribution in [3.05, 3.63) is 83.7 Å². The Morgan fingerprint density at radius 2 is 1.91 bits per heavy atom. The number of nitrogens with two attached hydrogens (primary N) is 1. The van der Waals surface area contributed by atoms with Crippen LogP contribution in [0.1, 0.15) is 21.5 Å². The second-order valence-electron chi connectivity index (χ2n) is 8.20. The molecule has 4 rings (SSSR count). The van der Waals surface area contributed by atoms with E-state index in [9.17, 15) is 9.59 Å². The van der Waals surface area contributed by atoms with Gasteiger partial charge in [0.2, 0.25) is 0 Å². The number of ether oxygens (including phenoxy) is 2. The minimum absolute atomic E-state index is 0.0720. The lowest BCUT2D eigenvalue weighted by atomic mass is 9.90. The number of pyridine rings is 1. The molecule has 7 nitrogen and oxygen atoms in total. The number of para-hydroxylation sites is 1. The quantitative estimate of drug-likeness (QED) is 0.629. The summed E-state index contributed by atoms with van der Waals surface area (Å²) in [6, 6.07) is 17.1. The predicted octanol–water partition coefficient (Wildman–Crippen LogP) is 3.00. The van der Waals surface area contributed by atoms with Gasteiger partial charge >= 0.3 is 0 Å². The summed E-state index contributed by atoms with van der Waals surface area (Å²) >= 11 is 0. The number of benzene rings is 2. The number of nitrogens with zero attached hydrogens (tertiary/aromatic N) is 2. The number of rotatable bonds is 6. The van der Waals surface area contributed by atoms with Crippen LogP contribution in [0.25, 0.3) is 11.1 Å². The van der Waals surface area contributed by atoms with Crippen LogP contribution in [0, 0.1) is 6.92 Å². The molecule has 2 heterocycles. The summed E-state index contributed by atoms with van der Waals surface area (Å²) in [5.74, 6) is -0.270. The van der Waals surface area contributed by atoms with E-state index in [2.05, 4.69) is 4.98 Å². The van der Waals surface area contributed by atoms with Gasteiger partial charge in [-0.15, -0.1) is 0 Å². The molecule has 2 aromatic carbocycles. The molecule has 2 N–H and O–H groups in total. The summed E-state index contributed by atoms with van der Waals surface area (Å²) in [5.41, 5.74) is 8.76. The molecule has 0 radical (unpaired) electrons. The van der Waals surface area contributed by atoms with Crippen molar-refractivity contribution in [1.29, 1.82) is 0 Å². The van der Waals surface area contributed by atoms with Crippen LogP contribution in [0.3, 0.4) is 0 Å². The Labute approximate surface area is 193 Å².